The van der Waals surface area contributed by atoms with E-state index in [1.807, 2.05) is 24.3 Å². The van der Waals surface area contributed by atoms with Crippen LogP contribution in [0.3, 0.4) is 0 Å². The van der Waals surface area contributed by atoms with Gasteiger partial charge in [-0.15, -0.1) is 0 Å². The predicted octanol–water partition coefficient (Wildman–Crippen LogP) is 5.18. The molecule has 0 bridgehead atoms. The SMILES string of the molecule is COCCN1C(=O)C(=Cc2ccc(OCc3ccc(C)cc3)c(Br)c2)SC1=S. The quantitative estimate of drug-likeness (QED) is 0.405. The molecule has 1 amide bonds. The highest BCUT2D eigenvalue weighted by molar-refractivity contribution is 9.10. The van der Waals surface area contributed by atoms with E-state index in [1.165, 1.54) is 17.3 Å². The number of methoxy groups -OCH3 is 1. The Morgan fingerprint density at radius 2 is 1.96 bits per heavy atom. The van der Waals surface area contributed by atoms with Crippen molar-refractivity contribution in [2.24, 2.45) is 0 Å². The Morgan fingerprint density at radius 3 is 2.64 bits per heavy atom. The zero-order valence-corrected chi connectivity index (χ0v) is 18.8. The van der Waals surface area contributed by atoms with Gasteiger partial charge in [-0.1, -0.05) is 59.9 Å². The van der Waals surface area contributed by atoms with Crippen LogP contribution >= 0.6 is 39.9 Å². The van der Waals surface area contributed by atoms with Crippen LogP contribution < -0.4 is 4.74 Å². The summed E-state index contributed by atoms with van der Waals surface area (Å²) < 4.78 is 12.3. The van der Waals surface area contributed by atoms with Crippen LogP contribution in [0.25, 0.3) is 6.08 Å². The second-order valence-electron chi connectivity index (χ2n) is 6.29. The van der Waals surface area contributed by atoms with Gasteiger partial charge in [0.05, 0.1) is 22.5 Å². The Bertz CT molecular complexity index is 912. The van der Waals surface area contributed by atoms with Crippen LogP contribution in [0.5, 0.6) is 5.75 Å². The normalized spacial score (nSPS) is 15.5. The largest absolute Gasteiger partial charge is 0.488 e. The molecule has 2 aromatic carbocycles. The Morgan fingerprint density at radius 1 is 1.21 bits per heavy atom. The first-order valence-electron chi connectivity index (χ1n) is 8.70. The number of rotatable bonds is 7. The van der Waals surface area contributed by atoms with Crippen molar-refractivity contribution in [2.45, 2.75) is 13.5 Å². The molecule has 1 fully saturated rings. The fourth-order valence-corrected chi connectivity index (χ4v) is 4.42. The number of halogens is 1. The fourth-order valence-electron chi connectivity index (χ4n) is 2.60. The number of thioether (sulfide) groups is 1. The molecule has 0 saturated carbocycles. The van der Waals surface area contributed by atoms with Crippen molar-refractivity contribution in [3.63, 3.8) is 0 Å². The summed E-state index contributed by atoms with van der Waals surface area (Å²) in [5.74, 6) is 0.674. The highest BCUT2D eigenvalue weighted by Gasteiger charge is 2.31. The summed E-state index contributed by atoms with van der Waals surface area (Å²) in [4.78, 5) is 14.7. The Balaban J connectivity index is 1.68. The Labute approximate surface area is 183 Å². The summed E-state index contributed by atoms with van der Waals surface area (Å²) in [6.07, 6.45) is 1.85. The van der Waals surface area contributed by atoms with Gasteiger partial charge in [0.25, 0.3) is 5.91 Å². The van der Waals surface area contributed by atoms with E-state index >= 15 is 0 Å². The number of ether oxygens (including phenoxy) is 2. The van der Waals surface area contributed by atoms with Crippen molar-refractivity contribution < 1.29 is 14.3 Å². The van der Waals surface area contributed by atoms with E-state index in [-0.39, 0.29) is 5.91 Å². The molecule has 146 valence electrons. The number of hydrogen-bond acceptors (Lipinski definition) is 5. The van der Waals surface area contributed by atoms with Gasteiger partial charge < -0.3 is 9.47 Å². The van der Waals surface area contributed by atoms with Crippen molar-refractivity contribution in [1.29, 1.82) is 0 Å². The number of nitrogens with zero attached hydrogens (tertiary/aromatic N) is 1. The van der Waals surface area contributed by atoms with Crippen LogP contribution in [0, 0.1) is 6.92 Å². The van der Waals surface area contributed by atoms with Gasteiger partial charge in [-0.3, -0.25) is 9.69 Å². The Hall–Kier alpha value is -1.67. The minimum Gasteiger partial charge on any atom is -0.488 e. The second kappa shape index (κ2) is 9.69. The van der Waals surface area contributed by atoms with E-state index in [9.17, 15) is 4.79 Å². The molecule has 0 unspecified atom stereocenters. The molecular weight excluding hydrogens is 458 g/mol. The van der Waals surface area contributed by atoms with Crippen LogP contribution in [-0.4, -0.2) is 35.4 Å². The lowest BCUT2D eigenvalue weighted by molar-refractivity contribution is -0.122. The lowest BCUT2D eigenvalue weighted by atomic mass is 10.1. The van der Waals surface area contributed by atoms with Gasteiger partial charge in [0.2, 0.25) is 0 Å². The molecule has 7 heteroatoms. The molecule has 28 heavy (non-hydrogen) atoms. The summed E-state index contributed by atoms with van der Waals surface area (Å²) in [6, 6.07) is 14.0. The molecule has 1 aliphatic rings. The van der Waals surface area contributed by atoms with Gasteiger partial charge in [0.1, 0.15) is 16.7 Å². The van der Waals surface area contributed by atoms with Gasteiger partial charge in [-0.05, 0) is 52.2 Å². The number of aryl methyl sites for hydroxylation is 1. The minimum atomic E-state index is -0.0807. The average Bonchev–Trinajstić information content (AvgIpc) is 2.94. The summed E-state index contributed by atoms with van der Waals surface area (Å²) in [5.41, 5.74) is 3.24. The van der Waals surface area contributed by atoms with E-state index in [4.69, 9.17) is 21.7 Å². The van der Waals surface area contributed by atoms with Crippen LogP contribution in [0.15, 0.2) is 51.8 Å². The lowest BCUT2D eigenvalue weighted by Crippen LogP contribution is -2.31. The third-order valence-electron chi connectivity index (χ3n) is 4.16. The topological polar surface area (TPSA) is 38.8 Å². The zero-order valence-electron chi connectivity index (χ0n) is 15.6. The first kappa shape index (κ1) is 21.0. The first-order chi connectivity index (χ1) is 13.5. The maximum Gasteiger partial charge on any atom is 0.266 e. The smallest absolute Gasteiger partial charge is 0.266 e. The molecule has 1 saturated heterocycles. The molecule has 4 nitrogen and oxygen atoms in total. The van der Waals surface area contributed by atoms with Gasteiger partial charge in [0.15, 0.2) is 0 Å². The molecule has 0 radical (unpaired) electrons. The number of thiocarbonyl (C=S) groups is 1. The molecule has 1 aliphatic heterocycles. The van der Waals surface area contributed by atoms with E-state index in [0.29, 0.717) is 29.0 Å². The molecule has 0 atom stereocenters. The van der Waals surface area contributed by atoms with E-state index in [1.54, 1.807) is 12.0 Å². The average molecular weight is 478 g/mol. The summed E-state index contributed by atoms with van der Waals surface area (Å²) in [6.45, 7) is 3.48. The molecule has 1 heterocycles. The van der Waals surface area contributed by atoms with Gasteiger partial charge in [0, 0.05) is 7.11 Å². The summed E-state index contributed by atoms with van der Waals surface area (Å²) in [5, 5.41) is 0. The molecule has 0 aromatic heterocycles. The number of carbonyl (C=O) groups excluding carboxylic acids is 1. The molecule has 2 aromatic rings. The molecule has 0 N–H and O–H groups in total. The van der Waals surface area contributed by atoms with Crippen LogP contribution in [0.1, 0.15) is 16.7 Å². The monoisotopic (exact) mass is 477 g/mol. The lowest BCUT2D eigenvalue weighted by Gasteiger charge is -2.13. The van der Waals surface area contributed by atoms with Crippen molar-refractivity contribution in [3.8, 4) is 5.75 Å². The summed E-state index contributed by atoms with van der Waals surface area (Å²) in [7, 11) is 1.60. The minimum absolute atomic E-state index is 0.0807. The third-order valence-corrected chi connectivity index (χ3v) is 6.16. The zero-order chi connectivity index (χ0) is 20.1. The molecular formula is C21H20BrNO3S2. The van der Waals surface area contributed by atoms with E-state index in [2.05, 4.69) is 47.1 Å². The molecule has 3 rings (SSSR count). The molecule has 0 spiro atoms. The van der Waals surface area contributed by atoms with Gasteiger partial charge in [-0.25, -0.2) is 0 Å². The van der Waals surface area contributed by atoms with Crippen molar-refractivity contribution in [3.05, 3.63) is 68.5 Å². The van der Waals surface area contributed by atoms with E-state index in [0.717, 1.165) is 21.3 Å². The number of amides is 1. The maximum atomic E-state index is 12.5. The summed E-state index contributed by atoms with van der Waals surface area (Å²) >= 11 is 10.2. The van der Waals surface area contributed by atoms with Crippen molar-refractivity contribution >= 4 is 56.2 Å². The van der Waals surface area contributed by atoms with Crippen LogP contribution in [0.4, 0.5) is 0 Å². The second-order valence-corrected chi connectivity index (χ2v) is 8.82. The van der Waals surface area contributed by atoms with Crippen molar-refractivity contribution in [1.82, 2.24) is 4.90 Å². The van der Waals surface area contributed by atoms with Crippen LogP contribution in [-0.2, 0) is 16.1 Å². The third kappa shape index (κ3) is 5.23. The number of benzene rings is 2. The Kier molecular flexibility index (Phi) is 7.29. The van der Waals surface area contributed by atoms with Gasteiger partial charge >= 0.3 is 0 Å². The highest BCUT2D eigenvalue weighted by Crippen LogP contribution is 2.34. The first-order valence-corrected chi connectivity index (χ1v) is 10.7. The predicted molar refractivity (Wildman–Crippen MR) is 121 cm³/mol. The number of hydrogen-bond donors (Lipinski definition) is 0. The maximum absolute atomic E-state index is 12.5. The number of carbonyl (C=O) groups is 1. The van der Waals surface area contributed by atoms with Gasteiger partial charge in [-0.2, -0.15) is 0 Å². The van der Waals surface area contributed by atoms with E-state index < -0.39 is 0 Å². The standard InChI is InChI=1S/C21H20BrNO3S2/c1-14-3-5-15(6-4-14)13-26-18-8-7-16(11-17(18)22)12-19-20(24)23(9-10-25-2)21(27)28-19/h3-8,11-12H,9-10,13H2,1-2H3. The van der Waals surface area contributed by atoms with Crippen molar-refractivity contribution in [2.75, 3.05) is 20.3 Å². The highest BCUT2D eigenvalue weighted by atomic mass is 79.9. The molecule has 0 aliphatic carbocycles. The fraction of sp³-hybridized carbons (Fsp3) is 0.238. The van der Waals surface area contributed by atoms with Crippen LogP contribution in [0.2, 0.25) is 0 Å².